The van der Waals surface area contributed by atoms with Gasteiger partial charge in [0, 0.05) is 13.0 Å². The standard InChI is InChI=1S/C28H46O4/c1-6-28(31,7-2)15-16-32-20(4)24-12-13-25-21(9-8-14-27(24,25)5)10-11-22-17-23(29)18-26(30)19(22)3/h10-11,20,23-26,29-31H,3,6-9,12-18H2,1-2,4-5H3/t20-,23-,24-,25+,26+,27-/m1/s1. The largest absolute Gasteiger partial charge is 0.393 e. The van der Waals surface area contributed by atoms with Crippen LogP contribution in [-0.4, -0.2) is 45.8 Å². The Morgan fingerprint density at radius 1 is 1.22 bits per heavy atom. The first kappa shape index (κ1) is 25.7. The van der Waals surface area contributed by atoms with E-state index in [0.29, 0.717) is 37.7 Å². The maximum absolute atomic E-state index is 10.6. The highest BCUT2D eigenvalue weighted by molar-refractivity contribution is 5.38. The smallest absolute Gasteiger partial charge is 0.0811 e. The lowest BCUT2D eigenvalue weighted by atomic mass is 9.62. The van der Waals surface area contributed by atoms with Crippen molar-refractivity contribution < 1.29 is 20.1 Å². The average Bonchev–Trinajstić information content (AvgIpc) is 3.12. The van der Waals surface area contributed by atoms with Crippen molar-refractivity contribution in [3.8, 4) is 0 Å². The van der Waals surface area contributed by atoms with E-state index in [9.17, 15) is 15.3 Å². The number of rotatable bonds is 8. The SMILES string of the molecule is C=C1C(=CC=C2CCC[C@]3(C)[C@@H]([C@@H](C)OCCC(O)(CC)CC)CC[C@@H]23)C[C@@H](O)C[C@@H]1O. The van der Waals surface area contributed by atoms with Crippen LogP contribution in [0.4, 0.5) is 0 Å². The molecule has 0 saturated heterocycles. The van der Waals surface area contributed by atoms with Crippen molar-refractivity contribution in [1.29, 1.82) is 0 Å². The van der Waals surface area contributed by atoms with Crippen molar-refractivity contribution in [2.24, 2.45) is 17.3 Å². The van der Waals surface area contributed by atoms with Crippen molar-refractivity contribution in [1.82, 2.24) is 0 Å². The van der Waals surface area contributed by atoms with E-state index in [1.165, 1.54) is 31.3 Å². The van der Waals surface area contributed by atoms with Crippen LogP contribution in [-0.2, 0) is 4.74 Å². The van der Waals surface area contributed by atoms with Gasteiger partial charge in [-0.1, -0.05) is 45.1 Å². The molecule has 0 unspecified atom stereocenters. The Hall–Kier alpha value is -0.940. The third kappa shape index (κ3) is 5.41. The van der Waals surface area contributed by atoms with Crippen molar-refractivity contribution in [2.75, 3.05) is 6.61 Å². The van der Waals surface area contributed by atoms with Crippen LogP contribution in [0.1, 0.15) is 91.9 Å². The number of aliphatic hydroxyl groups excluding tert-OH is 2. The van der Waals surface area contributed by atoms with Crippen LogP contribution in [0.2, 0.25) is 0 Å². The van der Waals surface area contributed by atoms with Crippen LogP contribution >= 0.6 is 0 Å². The van der Waals surface area contributed by atoms with E-state index in [1.54, 1.807) is 0 Å². The summed E-state index contributed by atoms with van der Waals surface area (Å²) >= 11 is 0. The van der Waals surface area contributed by atoms with Crippen molar-refractivity contribution in [3.05, 3.63) is 35.5 Å². The zero-order valence-corrected chi connectivity index (χ0v) is 20.8. The van der Waals surface area contributed by atoms with Gasteiger partial charge in [0.1, 0.15) is 0 Å². The quantitative estimate of drug-likeness (QED) is 0.462. The fraction of sp³-hybridized carbons (Fsp3) is 0.786. The summed E-state index contributed by atoms with van der Waals surface area (Å²) in [4.78, 5) is 0. The summed E-state index contributed by atoms with van der Waals surface area (Å²) in [6.45, 7) is 13.5. The fourth-order valence-electron chi connectivity index (χ4n) is 6.67. The Labute approximate surface area is 195 Å². The second-order valence-corrected chi connectivity index (χ2v) is 10.9. The number of hydrogen-bond acceptors (Lipinski definition) is 4. The molecule has 0 aromatic heterocycles. The van der Waals surface area contributed by atoms with Gasteiger partial charge in [-0.25, -0.2) is 0 Å². The number of allylic oxidation sites excluding steroid dienone is 3. The van der Waals surface area contributed by atoms with Gasteiger partial charge in [0.05, 0.1) is 23.9 Å². The first-order chi connectivity index (χ1) is 15.1. The molecule has 4 heteroatoms. The van der Waals surface area contributed by atoms with Crippen molar-refractivity contribution >= 4 is 0 Å². The lowest BCUT2D eigenvalue weighted by Crippen LogP contribution is -2.39. The van der Waals surface area contributed by atoms with Gasteiger partial charge < -0.3 is 20.1 Å². The summed E-state index contributed by atoms with van der Waals surface area (Å²) in [7, 11) is 0. The number of aliphatic hydroxyl groups is 3. The van der Waals surface area contributed by atoms with Gasteiger partial charge in [-0.3, -0.25) is 0 Å². The summed E-state index contributed by atoms with van der Waals surface area (Å²) < 4.78 is 6.31. The van der Waals surface area contributed by atoms with Gasteiger partial charge in [0.15, 0.2) is 0 Å². The first-order valence-corrected chi connectivity index (χ1v) is 12.9. The summed E-state index contributed by atoms with van der Waals surface area (Å²) in [6, 6.07) is 0. The molecular weight excluding hydrogens is 400 g/mol. The molecule has 3 aliphatic rings. The van der Waals surface area contributed by atoms with E-state index in [-0.39, 0.29) is 11.5 Å². The normalized spacial score (nSPS) is 37.2. The third-order valence-electron chi connectivity index (χ3n) is 9.13. The zero-order valence-electron chi connectivity index (χ0n) is 20.8. The molecule has 3 saturated carbocycles. The van der Waals surface area contributed by atoms with E-state index in [2.05, 4.69) is 32.6 Å². The van der Waals surface area contributed by atoms with Gasteiger partial charge in [-0.2, -0.15) is 0 Å². The van der Waals surface area contributed by atoms with E-state index >= 15 is 0 Å². The highest BCUT2D eigenvalue weighted by Crippen LogP contribution is 2.58. The number of ether oxygens (including phenoxy) is 1. The summed E-state index contributed by atoms with van der Waals surface area (Å²) in [5.41, 5.74) is 2.91. The van der Waals surface area contributed by atoms with E-state index in [0.717, 1.165) is 30.4 Å². The predicted octanol–water partition coefficient (Wildman–Crippen LogP) is 5.47. The molecule has 4 nitrogen and oxygen atoms in total. The lowest BCUT2D eigenvalue weighted by molar-refractivity contribution is -0.0559. The number of fused-ring (bicyclic) bond motifs is 1. The molecule has 182 valence electrons. The van der Waals surface area contributed by atoms with Crippen LogP contribution < -0.4 is 0 Å². The molecule has 3 aliphatic carbocycles. The molecule has 0 aromatic rings. The average molecular weight is 447 g/mol. The van der Waals surface area contributed by atoms with Crippen LogP contribution in [0, 0.1) is 17.3 Å². The van der Waals surface area contributed by atoms with Crippen LogP contribution in [0.5, 0.6) is 0 Å². The van der Waals surface area contributed by atoms with Gasteiger partial charge in [0.2, 0.25) is 0 Å². The van der Waals surface area contributed by atoms with E-state index in [4.69, 9.17) is 4.74 Å². The Morgan fingerprint density at radius 3 is 2.62 bits per heavy atom. The van der Waals surface area contributed by atoms with Gasteiger partial charge in [-0.05, 0) is 93.1 Å². The molecule has 0 radical (unpaired) electrons. The molecule has 0 amide bonds. The molecule has 0 aromatic carbocycles. The van der Waals surface area contributed by atoms with Crippen molar-refractivity contribution in [3.63, 3.8) is 0 Å². The molecular formula is C28H46O4. The third-order valence-corrected chi connectivity index (χ3v) is 9.13. The molecule has 3 fully saturated rings. The Balaban J connectivity index is 1.67. The predicted molar refractivity (Wildman–Crippen MR) is 130 cm³/mol. The van der Waals surface area contributed by atoms with E-state index in [1.807, 2.05) is 13.8 Å². The molecule has 6 atom stereocenters. The second kappa shape index (κ2) is 10.5. The van der Waals surface area contributed by atoms with Crippen LogP contribution in [0.15, 0.2) is 35.5 Å². The van der Waals surface area contributed by atoms with Gasteiger partial charge in [-0.15, -0.1) is 0 Å². The fourth-order valence-corrected chi connectivity index (χ4v) is 6.67. The monoisotopic (exact) mass is 446 g/mol. The maximum Gasteiger partial charge on any atom is 0.0811 e. The lowest BCUT2D eigenvalue weighted by Gasteiger charge is -2.44. The summed E-state index contributed by atoms with van der Waals surface area (Å²) in [6.07, 6.45) is 12.6. The minimum Gasteiger partial charge on any atom is -0.393 e. The van der Waals surface area contributed by atoms with Crippen LogP contribution in [0.3, 0.4) is 0 Å². The van der Waals surface area contributed by atoms with E-state index < -0.39 is 17.8 Å². The van der Waals surface area contributed by atoms with Gasteiger partial charge >= 0.3 is 0 Å². The molecule has 3 rings (SSSR count). The Kier molecular flexibility index (Phi) is 8.46. The molecule has 0 bridgehead atoms. The Morgan fingerprint density at radius 2 is 1.94 bits per heavy atom. The highest BCUT2D eigenvalue weighted by atomic mass is 16.5. The van der Waals surface area contributed by atoms with Crippen LogP contribution in [0.25, 0.3) is 0 Å². The topological polar surface area (TPSA) is 69.9 Å². The maximum atomic E-state index is 10.6. The van der Waals surface area contributed by atoms with Crippen molar-refractivity contribution in [2.45, 2.75) is 116 Å². The summed E-state index contributed by atoms with van der Waals surface area (Å²) in [5.74, 6) is 1.10. The molecule has 0 aliphatic heterocycles. The minimum atomic E-state index is -0.632. The minimum absolute atomic E-state index is 0.198. The Bertz CT molecular complexity index is 719. The second-order valence-electron chi connectivity index (χ2n) is 10.9. The highest BCUT2D eigenvalue weighted by Gasteiger charge is 2.51. The molecule has 3 N–H and O–H groups in total. The zero-order chi connectivity index (χ0) is 23.5. The molecule has 32 heavy (non-hydrogen) atoms. The van der Waals surface area contributed by atoms with Gasteiger partial charge in [0.25, 0.3) is 0 Å². The molecule has 0 spiro atoms. The summed E-state index contributed by atoms with van der Waals surface area (Å²) in [5, 5.41) is 30.8. The molecule has 0 heterocycles. The first-order valence-electron chi connectivity index (χ1n) is 12.9. The number of hydrogen-bond donors (Lipinski definition) is 3.